The second-order valence-corrected chi connectivity index (χ2v) is 15.7. The Bertz CT molecular complexity index is 2470. The van der Waals surface area contributed by atoms with Crippen molar-refractivity contribution in [3.8, 4) is 51.6 Å². The number of aliphatic hydroxyl groups excluding tert-OH is 7. The molecular weight excluding hydrogens is 884 g/mol. The largest absolute Gasteiger partial charge is 0.508 e. The Labute approximate surface area is 372 Å². The Hall–Kier alpha value is -5.80. The van der Waals surface area contributed by atoms with Gasteiger partial charge in [0.1, 0.15) is 71.3 Å². The first-order valence-corrected chi connectivity index (χ1v) is 20.2. The lowest BCUT2D eigenvalue weighted by Gasteiger charge is -2.46. The molecule has 3 saturated heterocycles. The summed E-state index contributed by atoms with van der Waals surface area (Å²) < 4.78 is 51.3. The third kappa shape index (κ3) is 9.69. The Balaban J connectivity index is 1.19. The molecule has 15 atom stereocenters. The van der Waals surface area contributed by atoms with Crippen LogP contribution >= 0.6 is 0 Å². The van der Waals surface area contributed by atoms with Crippen LogP contribution in [0, 0.1) is 0 Å². The minimum atomic E-state index is -2.12. The van der Waals surface area contributed by atoms with Crippen LogP contribution in [-0.4, -0.2) is 173 Å². The topological polar surface area (TPSA) is 364 Å². The van der Waals surface area contributed by atoms with Crippen molar-refractivity contribution in [2.24, 2.45) is 0 Å². The number of ether oxygens (including phenoxy) is 8. The summed E-state index contributed by atoms with van der Waals surface area (Å²) in [4.78, 5) is 27.1. The maximum absolute atomic E-state index is 14.3. The van der Waals surface area contributed by atoms with Crippen LogP contribution in [0.25, 0.3) is 28.4 Å². The lowest BCUT2D eigenvalue weighted by Crippen LogP contribution is -2.65. The van der Waals surface area contributed by atoms with Gasteiger partial charge in [0.2, 0.25) is 17.5 Å². The van der Waals surface area contributed by atoms with Gasteiger partial charge in [-0.1, -0.05) is 6.07 Å². The summed E-state index contributed by atoms with van der Waals surface area (Å²) >= 11 is 0. The summed E-state index contributed by atoms with van der Waals surface area (Å²) in [5.74, 6) is -4.85. The van der Waals surface area contributed by atoms with Gasteiger partial charge in [-0.3, -0.25) is 4.79 Å². The van der Waals surface area contributed by atoms with Crippen LogP contribution < -0.4 is 14.9 Å². The molecule has 66 heavy (non-hydrogen) atoms. The fourth-order valence-corrected chi connectivity index (χ4v) is 7.54. The molecule has 0 amide bonds. The van der Waals surface area contributed by atoms with E-state index in [0.29, 0.717) is 5.56 Å². The van der Waals surface area contributed by atoms with Crippen LogP contribution in [0.1, 0.15) is 19.4 Å². The predicted molar refractivity (Wildman–Crippen MR) is 219 cm³/mol. The zero-order valence-electron chi connectivity index (χ0n) is 35.0. The van der Waals surface area contributed by atoms with Gasteiger partial charge in [0.15, 0.2) is 53.5 Å². The van der Waals surface area contributed by atoms with Gasteiger partial charge in [0.05, 0.1) is 25.9 Å². The lowest BCUT2D eigenvalue weighted by atomic mass is 9.97. The molecule has 0 bridgehead atoms. The molecule has 0 aliphatic carbocycles. The van der Waals surface area contributed by atoms with Crippen LogP contribution in [0.2, 0.25) is 0 Å². The van der Waals surface area contributed by atoms with Crippen LogP contribution in [0.5, 0.6) is 40.2 Å². The van der Waals surface area contributed by atoms with Crippen molar-refractivity contribution in [2.45, 2.75) is 106 Å². The predicted octanol–water partition coefficient (Wildman–Crippen LogP) is -0.857. The molecule has 0 radical (unpaired) electrons. The Kier molecular flexibility index (Phi) is 14.3. The SMILES string of the molecule is COc1cc(C=CC(=O)OC2C(C)OC(OC3C(Oc4c(-c5ccc(O)c(O)c5)oc5cc(O)cc(O)c5c4=O)OC(COC4OC(C)C(O)C(O)C4O)C(O)C3O)C(O)C2O)ccc1O. The molecule has 7 rings (SSSR count). The molecule has 15 unspecified atom stereocenters. The van der Waals surface area contributed by atoms with E-state index in [-0.39, 0.29) is 22.6 Å². The summed E-state index contributed by atoms with van der Waals surface area (Å²) in [7, 11) is 1.34. The average Bonchev–Trinajstić information content (AvgIpc) is 3.27. The number of carbonyl (C=O) groups is 1. The standard InChI is InChI=1S/C43H48O23/c1-15-29(50)32(53)35(56)41(60-15)59-14-26-30(51)33(54)40(66-42-36(57)34(55)37(16(2)61-42)64-27(49)9-5-17-4-7-21(46)24(10-17)58-3)43(63-26)65-39-31(52)28-23(48)12-19(44)13-25(28)62-38(39)18-6-8-20(45)22(47)11-18/h4-13,15-16,26,29-30,32-37,40-48,50-51,53-57H,14H2,1-3H3. The summed E-state index contributed by atoms with van der Waals surface area (Å²) in [5.41, 5.74) is -1.21. The molecule has 23 heteroatoms. The van der Waals surface area contributed by atoms with Gasteiger partial charge in [-0.15, -0.1) is 0 Å². The zero-order chi connectivity index (χ0) is 47.9. The Morgan fingerprint density at radius 1 is 0.682 bits per heavy atom. The normalized spacial score (nSPS) is 32.6. The van der Waals surface area contributed by atoms with E-state index >= 15 is 0 Å². The summed E-state index contributed by atoms with van der Waals surface area (Å²) in [5, 5.41) is 127. The number of phenols is 5. The highest BCUT2D eigenvalue weighted by Crippen LogP contribution is 2.40. The molecule has 12 N–H and O–H groups in total. The second kappa shape index (κ2) is 19.6. The second-order valence-electron chi connectivity index (χ2n) is 15.7. The highest BCUT2D eigenvalue weighted by molar-refractivity contribution is 5.89. The number of hydrogen-bond donors (Lipinski definition) is 12. The molecular formula is C43H48O23. The van der Waals surface area contributed by atoms with Crippen LogP contribution in [0.4, 0.5) is 0 Å². The molecule has 3 aliphatic rings. The number of esters is 1. The van der Waals surface area contributed by atoms with Gasteiger partial charge < -0.3 is 104 Å². The molecule has 3 aliphatic heterocycles. The van der Waals surface area contributed by atoms with Crippen molar-refractivity contribution in [1.29, 1.82) is 0 Å². The smallest absolute Gasteiger partial charge is 0.331 e. The van der Waals surface area contributed by atoms with Gasteiger partial charge in [-0.25, -0.2) is 4.79 Å². The molecule has 3 aromatic carbocycles. The number of fused-ring (bicyclic) bond motifs is 1. The lowest BCUT2D eigenvalue weighted by molar-refractivity contribution is -0.360. The van der Waals surface area contributed by atoms with Gasteiger partial charge in [-0.2, -0.15) is 0 Å². The quantitative estimate of drug-likeness (QED) is 0.0467. The number of aliphatic hydroxyl groups is 7. The van der Waals surface area contributed by atoms with Crippen LogP contribution in [0.15, 0.2) is 63.8 Å². The van der Waals surface area contributed by atoms with Crippen molar-refractivity contribution < 1.29 is 108 Å². The summed E-state index contributed by atoms with van der Waals surface area (Å²) in [6.07, 6.45) is -23.9. The van der Waals surface area contributed by atoms with Crippen LogP contribution in [0.3, 0.4) is 0 Å². The summed E-state index contributed by atoms with van der Waals surface area (Å²) in [6, 6.07) is 9.27. The zero-order valence-corrected chi connectivity index (χ0v) is 35.0. The number of phenolic OH excluding ortho intramolecular Hbond substituents is 5. The first-order valence-electron chi connectivity index (χ1n) is 20.2. The Morgan fingerprint density at radius 3 is 2.08 bits per heavy atom. The molecule has 4 heterocycles. The van der Waals surface area contributed by atoms with E-state index < -0.39 is 150 Å². The monoisotopic (exact) mass is 932 g/mol. The number of rotatable bonds is 12. The van der Waals surface area contributed by atoms with E-state index in [1.54, 1.807) is 0 Å². The number of methoxy groups -OCH3 is 1. The third-order valence-electron chi connectivity index (χ3n) is 11.2. The van der Waals surface area contributed by atoms with Crippen LogP contribution in [-0.2, 0) is 33.2 Å². The van der Waals surface area contributed by atoms with E-state index in [1.807, 2.05) is 0 Å². The molecule has 4 aromatic rings. The van der Waals surface area contributed by atoms with Crippen molar-refractivity contribution in [1.82, 2.24) is 0 Å². The minimum Gasteiger partial charge on any atom is -0.508 e. The molecule has 0 saturated carbocycles. The fourth-order valence-electron chi connectivity index (χ4n) is 7.54. The maximum atomic E-state index is 14.3. The molecule has 1 aromatic heterocycles. The molecule has 0 spiro atoms. The van der Waals surface area contributed by atoms with Crippen molar-refractivity contribution >= 4 is 23.0 Å². The highest BCUT2D eigenvalue weighted by atomic mass is 16.8. The molecule has 358 valence electrons. The van der Waals surface area contributed by atoms with Crippen molar-refractivity contribution in [2.75, 3.05) is 13.7 Å². The third-order valence-corrected chi connectivity index (χ3v) is 11.2. The van der Waals surface area contributed by atoms with Crippen molar-refractivity contribution in [3.63, 3.8) is 0 Å². The number of hydrogen-bond acceptors (Lipinski definition) is 23. The molecule has 23 nitrogen and oxygen atoms in total. The van der Waals surface area contributed by atoms with Crippen molar-refractivity contribution in [3.05, 3.63) is 70.4 Å². The van der Waals surface area contributed by atoms with E-state index in [2.05, 4.69) is 0 Å². The van der Waals surface area contributed by atoms with E-state index in [1.165, 1.54) is 51.3 Å². The highest BCUT2D eigenvalue weighted by Gasteiger charge is 2.53. The average molecular weight is 933 g/mol. The van der Waals surface area contributed by atoms with Gasteiger partial charge in [-0.05, 0) is 55.8 Å². The maximum Gasteiger partial charge on any atom is 0.331 e. The number of aromatic hydroxyl groups is 5. The minimum absolute atomic E-state index is 0.129. The van der Waals surface area contributed by atoms with Gasteiger partial charge in [0, 0.05) is 23.8 Å². The first kappa shape index (κ1) is 48.1. The van der Waals surface area contributed by atoms with Gasteiger partial charge >= 0.3 is 5.97 Å². The first-order chi connectivity index (χ1) is 31.3. The van der Waals surface area contributed by atoms with E-state index in [9.17, 15) is 70.9 Å². The molecule has 3 fully saturated rings. The number of benzene rings is 3. The van der Waals surface area contributed by atoms with E-state index in [0.717, 1.165) is 30.3 Å². The van der Waals surface area contributed by atoms with Gasteiger partial charge in [0.25, 0.3) is 0 Å². The Morgan fingerprint density at radius 2 is 1.36 bits per heavy atom. The van der Waals surface area contributed by atoms with E-state index in [4.69, 9.17) is 42.3 Å². The summed E-state index contributed by atoms with van der Waals surface area (Å²) in [6.45, 7) is 2.00. The number of carbonyl (C=O) groups excluding carboxylic acids is 1. The fraction of sp³-hybridized carbons (Fsp3) is 0.442.